The number of rotatable bonds is 3. The maximum absolute atomic E-state index is 14.1. The fourth-order valence-electron chi connectivity index (χ4n) is 4.53. The predicted molar refractivity (Wildman–Crippen MR) is 149 cm³/mol. The van der Waals surface area contributed by atoms with Gasteiger partial charge in [0.2, 0.25) is 5.95 Å². The Kier molecular flexibility index (Phi) is 7.72. The lowest BCUT2D eigenvalue weighted by atomic mass is 10.0. The van der Waals surface area contributed by atoms with E-state index < -0.39 is 44.7 Å². The normalized spacial score (nSPS) is 16.9. The summed E-state index contributed by atoms with van der Waals surface area (Å²) in [5.74, 6) is -0.532. The molecule has 0 saturated heterocycles. The van der Waals surface area contributed by atoms with Crippen molar-refractivity contribution < 1.29 is 31.1 Å². The van der Waals surface area contributed by atoms with Crippen LogP contribution in [0.5, 0.6) is 0 Å². The number of halogens is 4. The molecule has 2 N–H and O–H groups in total. The highest BCUT2D eigenvalue weighted by molar-refractivity contribution is 7.91. The summed E-state index contributed by atoms with van der Waals surface area (Å²) in [6.07, 6.45) is -4.10. The van der Waals surface area contributed by atoms with Gasteiger partial charge in [-0.1, -0.05) is 11.6 Å². The second-order valence-electron chi connectivity index (χ2n) is 10.7. The smallest absolute Gasteiger partial charge is 0.420 e. The summed E-state index contributed by atoms with van der Waals surface area (Å²) in [5, 5.41) is 6.52. The predicted octanol–water partition coefficient (Wildman–Crippen LogP) is 5.79. The third-order valence-corrected chi connectivity index (χ3v) is 9.79. The molecule has 4 heterocycles. The molecule has 0 atom stereocenters. The number of fused-ring (bicyclic) bond motifs is 2. The van der Waals surface area contributed by atoms with Crippen molar-refractivity contribution in [3.8, 4) is 10.6 Å². The van der Waals surface area contributed by atoms with E-state index in [0.717, 1.165) is 35.4 Å². The van der Waals surface area contributed by atoms with Crippen LogP contribution in [-0.2, 0) is 40.3 Å². The molecule has 0 spiro atoms. The lowest BCUT2D eigenvalue weighted by molar-refractivity contribution is -0.137. The Balaban J connectivity index is 1.54. The number of thiophene rings is 1. The summed E-state index contributed by atoms with van der Waals surface area (Å²) in [6.45, 7) is 6.25. The molecule has 0 saturated carbocycles. The Morgan fingerprint density at radius 2 is 1.95 bits per heavy atom. The topological polar surface area (TPSA) is 114 Å². The minimum atomic E-state index is -4.81. The Morgan fingerprint density at radius 1 is 1.20 bits per heavy atom. The second-order valence-corrected chi connectivity index (χ2v) is 14.3. The summed E-state index contributed by atoms with van der Waals surface area (Å²) in [6, 6.07) is 4.80. The van der Waals surface area contributed by atoms with Crippen molar-refractivity contribution in [3.05, 3.63) is 51.0 Å². The van der Waals surface area contributed by atoms with E-state index in [4.69, 9.17) is 16.3 Å². The summed E-state index contributed by atoms with van der Waals surface area (Å²) >= 11 is 7.26. The quantitative estimate of drug-likeness (QED) is 0.374. The Hall–Kier alpha value is -2.94. The zero-order chi connectivity index (χ0) is 29.7. The molecule has 0 fully saturated rings. The van der Waals surface area contributed by atoms with Gasteiger partial charge in [-0.05, 0) is 63.1 Å². The van der Waals surface area contributed by atoms with Gasteiger partial charge in [0.15, 0.2) is 9.84 Å². The van der Waals surface area contributed by atoms with E-state index in [1.165, 1.54) is 11.0 Å². The largest absolute Gasteiger partial charge is 0.444 e. The van der Waals surface area contributed by atoms with Gasteiger partial charge in [0.25, 0.3) is 0 Å². The number of hydrogen-bond donors (Lipinski definition) is 2. The number of hydrogen-bond acceptors (Lipinski definition) is 9. The number of aromatic nitrogens is 2. The number of nitrogens with zero attached hydrogens (tertiary/aromatic N) is 3. The van der Waals surface area contributed by atoms with Crippen molar-refractivity contribution in [2.75, 3.05) is 24.2 Å². The van der Waals surface area contributed by atoms with Crippen molar-refractivity contribution in [3.63, 3.8) is 0 Å². The highest BCUT2D eigenvalue weighted by atomic mass is 35.5. The molecular formula is C26H27ClF3N5O4S2. The summed E-state index contributed by atoms with van der Waals surface area (Å²) in [4.78, 5) is 22.1. The second kappa shape index (κ2) is 10.7. The van der Waals surface area contributed by atoms with Crippen LogP contribution in [0.3, 0.4) is 0 Å². The monoisotopic (exact) mass is 629 g/mol. The van der Waals surface area contributed by atoms with E-state index in [1.807, 2.05) is 6.07 Å². The van der Waals surface area contributed by atoms with Crippen LogP contribution in [0.1, 0.15) is 42.3 Å². The van der Waals surface area contributed by atoms with E-state index >= 15 is 0 Å². The molecule has 2 aliphatic rings. The van der Waals surface area contributed by atoms with Crippen LogP contribution in [0.25, 0.3) is 10.6 Å². The first-order valence-electron chi connectivity index (χ1n) is 12.7. The third kappa shape index (κ3) is 6.45. The first-order valence-corrected chi connectivity index (χ1v) is 15.5. The summed E-state index contributed by atoms with van der Waals surface area (Å²) in [7, 11) is -3.90. The van der Waals surface area contributed by atoms with Gasteiger partial charge in [-0.2, -0.15) is 13.2 Å². The number of sulfone groups is 1. The molecule has 5 rings (SSSR count). The van der Waals surface area contributed by atoms with Crippen LogP contribution in [0.2, 0.25) is 5.02 Å². The van der Waals surface area contributed by atoms with Crippen molar-refractivity contribution in [2.24, 2.45) is 0 Å². The minimum absolute atomic E-state index is 0.0231. The van der Waals surface area contributed by atoms with Crippen LogP contribution in [0.4, 0.5) is 29.6 Å². The van der Waals surface area contributed by atoms with Gasteiger partial charge in [0.1, 0.15) is 11.2 Å². The number of nitrogens with one attached hydrogen (secondary N) is 2. The number of ether oxygens (including phenoxy) is 1. The van der Waals surface area contributed by atoms with Crippen LogP contribution in [-0.4, -0.2) is 53.8 Å². The molecule has 2 aliphatic heterocycles. The average molecular weight is 630 g/mol. The zero-order valence-electron chi connectivity index (χ0n) is 22.4. The Labute approximate surface area is 244 Å². The van der Waals surface area contributed by atoms with E-state index in [0.29, 0.717) is 23.5 Å². The van der Waals surface area contributed by atoms with Crippen LogP contribution >= 0.6 is 22.9 Å². The van der Waals surface area contributed by atoms with Gasteiger partial charge >= 0.3 is 12.3 Å². The maximum Gasteiger partial charge on any atom is 0.420 e. The first kappa shape index (κ1) is 29.5. The molecule has 1 aromatic carbocycles. The van der Waals surface area contributed by atoms with Crippen molar-refractivity contribution in [1.29, 1.82) is 0 Å². The zero-order valence-corrected chi connectivity index (χ0v) is 24.7. The van der Waals surface area contributed by atoms with Crippen LogP contribution in [0.15, 0.2) is 29.3 Å². The standard InChI is InChI=1S/C26H27ClF3N5O4S2/c1-25(2,3)39-24(36)35-6-7-41(37,38)21-10-19(40-20(21)13-35)22-16(26(28,29)30)12-32-23(34-22)33-18-9-14-4-5-31-11-15(14)8-17(18)27/h8-10,12,31H,4-7,11,13H2,1-3H3,(H,32,33,34). The Morgan fingerprint density at radius 3 is 2.66 bits per heavy atom. The molecule has 220 valence electrons. The van der Waals surface area contributed by atoms with E-state index in [1.54, 1.807) is 26.8 Å². The molecule has 2 aromatic heterocycles. The molecular weight excluding hydrogens is 603 g/mol. The van der Waals surface area contributed by atoms with Crippen molar-refractivity contribution in [1.82, 2.24) is 20.2 Å². The fraction of sp³-hybridized carbons (Fsp3) is 0.423. The Bertz CT molecular complexity index is 1620. The van der Waals surface area contributed by atoms with E-state index in [9.17, 15) is 26.4 Å². The first-order chi connectivity index (χ1) is 19.1. The van der Waals surface area contributed by atoms with Gasteiger partial charge in [0.05, 0.1) is 38.5 Å². The van der Waals surface area contributed by atoms with Crippen LogP contribution < -0.4 is 10.6 Å². The average Bonchev–Trinajstić information content (AvgIpc) is 3.25. The van der Waals surface area contributed by atoms with Gasteiger partial charge in [-0.15, -0.1) is 11.3 Å². The van der Waals surface area contributed by atoms with Crippen molar-refractivity contribution in [2.45, 2.75) is 57.0 Å². The highest BCUT2D eigenvalue weighted by Gasteiger charge is 2.38. The summed E-state index contributed by atoms with van der Waals surface area (Å²) in [5.41, 5.74) is 0.103. The molecule has 1 amide bonds. The van der Waals surface area contributed by atoms with Gasteiger partial charge in [-0.25, -0.2) is 23.2 Å². The molecule has 41 heavy (non-hydrogen) atoms. The SMILES string of the molecule is CC(C)(C)OC(=O)N1CCS(=O)(=O)c2cc(-c3nc(Nc4cc5c(cc4Cl)CNCC5)ncc3C(F)(F)F)sc2C1. The molecule has 3 aromatic rings. The molecule has 0 aliphatic carbocycles. The molecule has 0 bridgehead atoms. The highest BCUT2D eigenvalue weighted by Crippen LogP contribution is 2.42. The number of carbonyl (C=O) groups excluding carboxylic acids is 1. The number of anilines is 2. The summed E-state index contributed by atoms with van der Waals surface area (Å²) < 4.78 is 73.7. The van der Waals surface area contributed by atoms with Crippen LogP contribution in [0, 0.1) is 0 Å². The number of carbonyl (C=O) groups is 1. The van der Waals surface area contributed by atoms with Gasteiger partial charge < -0.3 is 20.3 Å². The van der Waals surface area contributed by atoms with Crippen molar-refractivity contribution >= 4 is 50.5 Å². The number of amides is 1. The van der Waals surface area contributed by atoms with E-state index in [-0.39, 0.29) is 33.7 Å². The molecule has 0 unspecified atom stereocenters. The number of alkyl halides is 3. The molecule has 0 radical (unpaired) electrons. The fourth-order valence-corrected chi connectivity index (χ4v) is 7.81. The van der Waals surface area contributed by atoms with Gasteiger partial charge in [0, 0.05) is 24.2 Å². The maximum atomic E-state index is 14.1. The minimum Gasteiger partial charge on any atom is -0.444 e. The molecule has 15 heteroatoms. The molecule has 9 nitrogen and oxygen atoms in total. The lowest BCUT2D eigenvalue weighted by Crippen LogP contribution is -2.37. The van der Waals surface area contributed by atoms with E-state index in [2.05, 4.69) is 20.6 Å². The van der Waals surface area contributed by atoms with Gasteiger partial charge in [-0.3, -0.25) is 0 Å². The third-order valence-electron chi connectivity index (χ3n) is 6.47. The number of benzene rings is 1. The lowest BCUT2D eigenvalue weighted by Gasteiger charge is -2.26.